The summed E-state index contributed by atoms with van der Waals surface area (Å²) in [5.74, 6) is -0.137. The van der Waals surface area contributed by atoms with Crippen LogP contribution < -0.4 is 5.32 Å². The van der Waals surface area contributed by atoms with E-state index in [1.165, 1.54) is 11.3 Å². The van der Waals surface area contributed by atoms with Gasteiger partial charge in [0.1, 0.15) is 5.69 Å². The lowest BCUT2D eigenvalue weighted by Crippen LogP contribution is -2.31. The minimum Gasteiger partial charge on any atom is -0.348 e. The average molecular weight is 384 g/mol. The van der Waals surface area contributed by atoms with Gasteiger partial charge in [0.15, 0.2) is 10.7 Å². The molecule has 0 radical (unpaired) electrons. The third kappa shape index (κ3) is 3.01. The maximum Gasteiger partial charge on any atom is 0.272 e. The summed E-state index contributed by atoms with van der Waals surface area (Å²) >= 11 is 1.47. The quantitative estimate of drug-likeness (QED) is 0.747. The lowest BCUT2D eigenvalue weighted by Gasteiger charge is -2.19. The zero-order valence-corrected chi connectivity index (χ0v) is 15.8. The summed E-state index contributed by atoms with van der Waals surface area (Å²) in [6.07, 6.45) is 4.79. The molecule has 27 heavy (non-hydrogen) atoms. The maximum absolute atomic E-state index is 13.1. The fraction of sp³-hybridized carbons (Fsp3) is 0.444. The Balaban J connectivity index is 1.39. The van der Waals surface area contributed by atoms with Gasteiger partial charge in [-0.3, -0.25) is 18.7 Å². The van der Waals surface area contributed by atoms with Crippen molar-refractivity contribution in [3.63, 3.8) is 0 Å². The van der Waals surface area contributed by atoms with Crippen LogP contribution in [0.1, 0.15) is 51.6 Å². The van der Waals surface area contributed by atoms with Gasteiger partial charge in [-0.05, 0) is 32.3 Å². The van der Waals surface area contributed by atoms with E-state index in [0.29, 0.717) is 37.1 Å². The van der Waals surface area contributed by atoms with Gasteiger partial charge in [-0.25, -0.2) is 4.98 Å². The summed E-state index contributed by atoms with van der Waals surface area (Å²) in [6, 6.07) is 2.12. The fourth-order valence-corrected chi connectivity index (χ4v) is 4.34. The highest BCUT2D eigenvalue weighted by Gasteiger charge is 2.28. The van der Waals surface area contributed by atoms with Crippen LogP contribution in [0, 0.1) is 6.92 Å². The van der Waals surface area contributed by atoms with Gasteiger partial charge in [0, 0.05) is 30.7 Å². The van der Waals surface area contributed by atoms with Crippen LogP contribution in [-0.2, 0) is 13.1 Å². The topological polar surface area (TPSA) is 84.5 Å². The Morgan fingerprint density at radius 3 is 2.96 bits per heavy atom. The smallest absolute Gasteiger partial charge is 0.272 e. The largest absolute Gasteiger partial charge is 0.348 e. The first kappa shape index (κ1) is 16.5. The number of imidazole rings is 1. The second-order valence-corrected chi connectivity index (χ2v) is 8.06. The molecule has 9 heteroatoms. The Hall–Kier alpha value is -2.68. The third-order valence-electron chi connectivity index (χ3n) is 5.00. The first-order valence-corrected chi connectivity index (χ1v) is 10.1. The third-order valence-corrected chi connectivity index (χ3v) is 5.84. The molecule has 2 amide bonds. The molecule has 3 aromatic rings. The first-order chi connectivity index (χ1) is 13.1. The van der Waals surface area contributed by atoms with Crippen molar-refractivity contribution in [1.82, 2.24) is 29.4 Å². The highest BCUT2D eigenvalue weighted by molar-refractivity contribution is 7.15. The number of hydrogen-bond donors (Lipinski definition) is 1. The molecule has 2 aliphatic rings. The molecule has 0 spiro atoms. The van der Waals surface area contributed by atoms with Gasteiger partial charge >= 0.3 is 0 Å². The van der Waals surface area contributed by atoms with E-state index < -0.39 is 0 Å². The van der Waals surface area contributed by atoms with E-state index in [1.54, 1.807) is 0 Å². The average Bonchev–Trinajstić information content (AvgIpc) is 3.14. The number of aryl methyl sites for hydroxylation is 2. The molecule has 8 nitrogen and oxygen atoms in total. The van der Waals surface area contributed by atoms with Crippen LogP contribution in [0.15, 0.2) is 17.6 Å². The Labute approximate surface area is 159 Å². The second kappa shape index (κ2) is 6.19. The van der Waals surface area contributed by atoms with E-state index in [9.17, 15) is 9.59 Å². The van der Waals surface area contributed by atoms with Crippen LogP contribution in [0.25, 0.3) is 4.96 Å². The minimum atomic E-state index is -0.121. The number of amides is 2. The monoisotopic (exact) mass is 384 g/mol. The maximum atomic E-state index is 13.1. The van der Waals surface area contributed by atoms with E-state index in [1.807, 2.05) is 38.5 Å². The second-order valence-electron chi connectivity index (χ2n) is 7.23. The van der Waals surface area contributed by atoms with Crippen molar-refractivity contribution in [3.05, 3.63) is 40.4 Å². The van der Waals surface area contributed by atoms with Gasteiger partial charge in [-0.1, -0.05) is 0 Å². The van der Waals surface area contributed by atoms with E-state index in [0.717, 1.165) is 35.6 Å². The Kier molecular flexibility index (Phi) is 3.78. The zero-order valence-electron chi connectivity index (χ0n) is 15.0. The van der Waals surface area contributed by atoms with Crippen molar-refractivity contribution in [1.29, 1.82) is 0 Å². The van der Waals surface area contributed by atoms with E-state index >= 15 is 0 Å². The molecular weight excluding hydrogens is 364 g/mol. The summed E-state index contributed by atoms with van der Waals surface area (Å²) in [5, 5.41) is 9.29. The SMILES string of the molecule is Cc1cn2c(C(=O)N3CCCn4nc(C(=O)NC5CC5)cc4C3)csc2n1. The van der Waals surface area contributed by atoms with Crippen LogP contribution in [-0.4, -0.2) is 48.5 Å². The number of hydrogen-bond acceptors (Lipinski definition) is 5. The molecule has 1 fully saturated rings. The van der Waals surface area contributed by atoms with Gasteiger partial charge in [-0.15, -0.1) is 11.3 Å². The van der Waals surface area contributed by atoms with Crippen molar-refractivity contribution in [3.8, 4) is 0 Å². The lowest BCUT2D eigenvalue weighted by molar-refractivity contribution is 0.0739. The van der Waals surface area contributed by atoms with Crippen LogP contribution in [0.4, 0.5) is 0 Å². The van der Waals surface area contributed by atoms with Crippen molar-refractivity contribution >= 4 is 28.1 Å². The van der Waals surface area contributed by atoms with Crippen molar-refractivity contribution in [2.45, 2.75) is 45.3 Å². The molecule has 140 valence electrons. The molecule has 0 aromatic carbocycles. The van der Waals surface area contributed by atoms with Crippen molar-refractivity contribution < 1.29 is 9.59 Å². The van der Waals surface area contributed by atoms with E-state index in [2.05, 4.69) is 15.4 Å². The van der Waals surface area contributed by atoms with Crippen LogP contribution in [0.3, 0.4) is 0 Å². The number of carbonyl (C=O) groups is 2. The van der Waals surface area contributed by atoms with Gasteiger partial charge < -0.3 is 10.2 Å². The molecule has 3 aromatic heterocycles. The first-order valence-electron chi connectivity index (χ1n) is 9.18. The Morgan fingerprint density at radius 2 is 2.15 bits per heavy atom. The molecule has 0 bridgehead atoms. The van der Waals surface area contributed by atoms with Gasteiger partial charge in [-0.2, -0.15) is 5.10 Å². The molecule has 0 atom stereocenters. The number of aromatic nitrogens is 4. The normalized spacial score (nSPS) is 17.0. The summed E-state index contributed by atoms with van der Waals surface area (Å²) in [7, 11) is 0. The number of nitrogens with zero attached hydrogens (tertiary/aromatic N) is 5. The van der Waals surface area contributed by atoms with E-state index in [-0.39, 0.29) is 11.8 Å². The molecule has 4 heterocycles. The molecule has 1 N–H and O–H groups in total. The number of thiazole rings is 1. The number of nitrogens with one attached hydrogen (secondary N) is 1. The molecule has 1 aliphatic carbocycles. The standard InChI is InChI=1S/C18H20N6O2S/c1-11-8-23-15(10-27-18(23)19-11)17(26)22-5-2-6-24-13(9-22)7-14(21-24)16(25)20-12-3-4-12/h7-8,10,12H,2-6,9H2,1H3,(H,20,25). The molecule has 0 unspecified atom stereocenters. The predicted octanol–water partition coefficient (Wildman–Crippen LogP) is 1.84. The van der Waals surface area contributed by atoms with Gasteiger partial charge in [0.25, 0.3) is 11.8 Å². The van der Waals surface area contributed by atoms with Crippen molar-refractivity contribution in [2.24, 2.45) is 0 Å². The molecule has 1 saturated carbocycles. The lowest BCUT2D eigenvalue weighted by atomic mass is 10.3. The molecular formula is C18H20N6O2S. The number of fused-ring (bicyclic) bond motifs is 2. The zero-order chi connectivity index (χ0) is 18.5. The van der Waals surface area contributed by atoms with E-state index in [4.69, 9.17) is 0 Å². The van der Waals surface area contributed by atoms with Crippen LogP contribution in [0.2, 0.25) is 0 Å². The van der Waals surface area contributed by atoms with Gasteiger partial charge in [0.05, 0.1) is 17.9 Å². The molecule has 1 aliphatic heterocycles. The summed E-state index contributed by atoms with van der Waals surface area (Å²) in [6.45, 7) is 3.75. The number of rotatable bonds is 3. The highest BCUT2D eigenvalue weighted by atomic mass is 32.1. The Bertz CT molecular complexity index is 1040. The fourth-order valence-electron chi connectivity index (χ4n) is 3.45. The Morgan fingerprint density at radius 1 is 1.30 bits per heavy atom. The van der Waals surface area contributed by atoms with Crippen LogP contribution in [0.5, 0.6) is 0 Å². The summed E-state index contributed by atoms with van der Waals surface area (Å²) < 4.78 is 3.72. The molecule has 0 saturated heterocycles. The number of carbonyl (C=O) groups excluding carboxylic acids is 2. The highest BCUT2D eigenvalue weighted by Crippen LogP contribution is 2.22. The van der Waals surface area contributed by atoms with Crippen molar-refractivity contribution in [2.75, 3.05) is 6.54 Å². The minimum absolute atomic E-state index is 0.0164. The van der Waals surface area contributed by atoms with Crippen LogP contribution >= 0.6 is 11.3 Å². The summed E-state index contributed by atoms with van der Waals surface area (Å²) in [5.41, 5.74) is 2.87. The van der Waals surface area contributed by atoms with Gasteiger partial charge in [0.2, 0.25) is 0 Å². The molecule has 5 rings (SSSR count). The summed E-state index contributed by atoms with van der Waals surface area (Å²) in [4.78, 5) is 32.5. The predicted molar refractivity (Wildman–Crippen MR) is 99.9 cm³/mol.